The summed E-state index contributed by atoms with van der Waals surface area (Å²) in [6, 6.07) is 3.92. The Morgan fingerprint density at radius 1 is 1.35 bits per heavy atom. The van der Waals surface area contributed by atoms with Gasteiger partial charge in [-0.05, 0) is 31.9 Å². The molecule has 0 bridgehead atoms. The third-order valence-electron chi connectivity index (χ3n) is 2.68. The summed E-state index contributed by atoms with van der Waals surface area (Å²) in [5.74, 6) is -0.303. The molecule has 0 aromatic carbocycles. The lowest BCUT2D eigenvalue weighted by atomic mass is 10.1. The van der Waals surface area contributed by atoms with Crippen molar-refractivity contribution in [3.8, 4) is 0 Å². The van der Waals surface area contributed by atoms with Crippen molar-refractivity contribution in [2.24, 2.45) is 5.92 Å². The highest BCUT2D eigenvalue weighted by molar-refractivity contribution is 5.85. The van der Waals surface area contributed by atoms with Crippen LogP contribution in [0.2, 0.25) is 0 Å². The van der Waals surface area contributed by atoms with Crippen molar-refractivity contribution in [2.45, 2.75) is 40.3 Å². The molecule has 0 saturated heterocycles. The number of rotatable bonds is 6. The van der Waals surface area contributed by atoms with Gasteiger partial charge in [-0.2, -0.15) is 0 Å². The molecule has 0 amide bonds. The molecule has 0 fully saturated rings. The first-order chi connectivity index (χ1) is 7.90. The smallest absolute Gasteiger partial charge is 0.352 e. The van der Waals surface area contributed by atoms with Crippen LogP contribution in [0, 0.1) is 5.92 Å². The molecule has 1 rings (SSSR count). The van der Waals surface area contributed by atoms with Gasteiger partial charge in [-0.25, -0.2) is 4.79 Å². The third-order valence-corrected chi connectivity index (χ3v) is 2.68. The number of carboxylic acid groups (broad SMARTS) is 1. The van der Waals surface area contributed by atoms with E-state index in [9.17, 15) is 4.79 Å². The van der Waals surface area contributed by atoms with Crippen LogP contribution < -0.4 is 0 Å². The van der Waals surface area contributed by atoms with Gasteiger partial charge >= 0.3 is 5.97 Å². The Kier molecular flexibility index (Phi) is 4.75. The molecule has 0 aliphatic rings. The van der Waals surface area contributed by atoms with E-state index in [-0.39, 0.29) is 5.69 Å². The van der Waals surface area contributed by atoms with Crippen LogP contribution in [0.5, 0.6) is 0 Å². The lowest BCUT2D eigenvalue weighted by Crippen LogP contribution is -2.33. The molecule has 4 nitrogen and oxygen atoms in total. The van der Waals surface area contributed by atoms with E-state index >= 15 is 0 Å². The van der Waals surface area contributed by atoms with Gasteiger partial charge in [-0.3, -0.25) is 4.90 Å². The topological polar surface area (TPSA) is 56.3 Å². The fourth-order valence-electron chi connectivity index (χ4n) is 1.80. The molecule has 1 aromatic heterocycles. The van der Waals surface area contributed by atoms with Crippen LogP contribution in [0.3, 0.4) is 0 Å². The lowest BCUT2D eigenvalue weighted by molar-refractivity contribution is 0.0691. The standard InChI is InChI=1S/C13H22N2O2/c1-9(2)7-15(10(3)4)8-11-5-6-12(14-11)13(16)17/h5-6,9-10,14H,7-8H2,1-4H3,(H,16,17). The number of carboxylic acids is 1. The predicted octanol–water partition coefficient (Wildman–Crippen LogP) is 2.58. The summed E-state index contributed by atoms with van der Waals surface area (Å²) in [5, 5.41) is 8.84. The summed E-state index contributed by atoms with van der Waals surface area (Å²) in [6.45, 7) is 10.5. The van der Waals surface area contributed by atoms with E-state index in [2.05, 4.69) is 37.6 Å². The van der Waals surface area contributed by atoms with E-state index in [0.29, 0.717) is 12.0 Å². The number of aromatic amines is 1. The van der Waals surface area contributed by atoms with E-state index in [0.717, 1.165) is 18.8 Å². The summed E-state index contributed by atoms with van der Waals surface area (Å²) >= 11 is 0. The number of aromatic nitrogens is 1. The maximum Gasteiger partial charge on any atom is 0.352 e. The monoisotopic (exact) mass is 238 g/mol. The molecule has 0 atom stereocenters. The highest BCUT2D eigenvalue weighted by atomic mass is 16.4. The first-order valence-corrected chi connectivity index (χ1v) is 6.05. The van der Waals surface area contributed by atoms with E-state index in [4.69, 9.17) is 5.11 Å². The first kappa shape index (κ1) is 13.8. The second kappa shape index (κ2) is 5.87. The largest absolute Gasteiger partial charge is 0.477 e. The molecule has 0 aliphatic carbocycles. The van der Waals surface area contributed by atoms with E-state index in [1.165, 1.54) is 0 Å². The highest BCUT2D eigenvalue weighted by Gasteiger charge is 2.13. The number of H-pyrrole nitrogens is 1. The molecule has 2 N–H and O–H groups in total. The van der Waals surface area contributed by atoms with Crippen LogP contribution in [-0.4, -0.2) is 33.5 Å². The van der Waals surface area contributed by atoms with Gasteiger partial charge in [0.25, 0.3) is 0 Å². The van der Waals surface area contributed by atoms with Gasteiger partial charge < -0.3 is 10.1 Å². The number of carbonyl (C=O) groups is 1. The second-order valence-corrected chi connectivity index (χ2v) is 5.12. The van der Waals surface area contributed by atoms with Crippen LogP contribution in [0.15, 0.2) is 12.1 Å². The molecule has 17 heavy (non-hydrogen) atoms. The highest BCUT2D eigenvalue weighted by Crippen LogP contribution is 2.11. The second-order valence-electron chi connectivity index (χ2n) is 5.12. The average molecular weight is 238 g/mol. The average Bonchev–Trinajstić information content (AvgIpc) is 2.64. The maximum absolute atomic E-state index is 10.8. The molecule has 1 aromatic rings. The minimum atomic E-state index is -0.906. The molecule has 0 saturated carbocycles. The number of nitrogens with zero attached hydrogens (tertiary/aromatic N) is 1. The van der Waals surface area contributed by atoms with Gasteiger partial charge in [0.15, 0.2) is 0 Å². The molecule has 96 valence electrons. The molecule has 0 aliphatic heterocycles. The summed E-state index contributed by atoms with van der Waals surface area (Å²) in [6.07, 6.45) is 0. The maximum atomic E-state index is 10.8. The Hall–Kier alpha value is -1.29. The van der Waals surface area contributed by atoms with Gasteiger partial charge in [0.1, 0.15) is 5.69 Å². The van der Waals surface area contributed by atoms with Gasteiger partial charge in [-0.1, -0.05) is 13.8 Å². The quantitative estimate of drug-likeness (QED) is 0.801. The van der Waals surface area contributed by atoms with Gasteiger partial charge in [0, 0.05) is 24.8 Å². The number of aromatic carboxylic acids is 1. The van der Waals surface area contributed by atoms with Crippen LogP contribution in [0.4, 0.5) is 0 Å². The number of hydrogen-bond acceptors (Lipinski definition) is 2. The molecular formula is C13H22N2O2. The fraction of sp³-hybridized carbons (Fsp3) is 0.615. The number of nitrogens with one attached hydrogen (secondary N) is 1. The molecule has 0 spiro atoms. The van der Waals surface area contributed by atoms with Crippen molar-refractivity contribution in [3.05, 3.63) is 23.5 Å². The Bertz CT molecular complexity index is 369. The van der Waals surface area contributed by atoms with Crippen molar-refractivity contribution in [2.75, 3.05) is 6.54 Å². The summed E-state index contributed by atoms with van der Waals surface area (Å²) < 4.78 is 0. The number of hydrogen-bond donors (Lipinski definition) is 2. The third kappa shape index (κ3) is 4.23. The van der Waals surface area contributed by atoms with Crippen molar-refractivity contribution in [1.82, 2.24) is 9.88 Å². The van der Waals surface area contributed by atoms with Crippen molar-refractivity contribution in [1.29, 1.82) is 0 Å². The molecule has 4 heteroatoms. The van der Waals surface area contributed by atoms with Crippen molar-refractivity contribution < 1.29 is 9.90 Å². The molecular weight excluding hydrogens is 216 g/mol. The molecule has 0 radical (unpaired) electrons. The van der Waals surface area contributed by atoms with Crippen LogP contribution in [0.1, 0.15) is 43.9 Å². The van der Waals surface area contributed by atoms with Crippen LogP contribution in [-0.2, 0) is 6.54 Å². The Morgan fingerprint density at radius 2 is 2.00 bits per heavy atom. The first-order valence-electron chi connectivity index (χ1n) is 6.05. The van der Waals surface area contributed by atoms with Gasteiger partial charge in [-0.15, -0.1) is 0 Å². The predicted molar refractivity (Wildman–Crippen MR) is 68.1 cm³/mol. The Balaban J connectivity index is 2.68. The Labute approximate surface area is 103 Å². The van der Waals surface area contributed by atoms with Crippen LogP contribution >= 0.6 is 0 Å². The zero-order chi connectivity index (χ0) is 13.0. The Morgan fingerprint density at radius 3 is 2.41 bits per heavy atom. The summed E-state index contributed by atoms with van der Waals surface area (Å²) in [7, 11) is 0. The molecule has 0 unspecified atom stereocenters. The molecule has 1 heterocycles. The summed E-state index contributed by atoms with van der Waals surface area (Å²) in [4.78, 5) is 16.0. The zero-order valence-electron chi connectivity index (χ0n) is 11.0. The van der Waals surface area contributed by atoms with Crippen molar-refractivity contribution in [3.63, 3.8) is 0 Å². The SMILES string of the molecule is CC(C)CN(Cc1ccc(C(=O)O)[nH]1)C(C)C. The van der Waals surface area contributed by atoms with E-state index in [1.807, 2.05) is 6.07 Å². The minimum Gasteiger partial charge on any atom is -0.477 e. The van der Waals surface area contributed by atoms with Gasteiger partial charge in [0.2, 0.25) is 0 Å². The normalized spacial score (nSPS) is 11.7. The summed E-state index contributed by atoms with van der Waals surface area (Å²) in [5.41, 5.74) is 1.21. The lowest BCUT2D eigenvalue weighted by Gasteiger charge is -2.27. The van der Waals surface area contributed by atoms with Gasteiger partial charge in [0.05, 0.1) is 0 Å². The van der Waals surface area contributed by atoms with E-state index in [1.54, 1.807) is 6.07 Å². The van der Waals surface area contributed by atoms with Crippen LogP contribution in [0.25, 0.3) is 0 Å². The fourth-order valence-corrected chi connectivity index (χ4v) is 1.80. The minimum absolute atomic E-state index is 0.258. The van der Waals surface area contributed by atoms with Crippen molar-refractivity contribution >= 4 is 5.97 Å². The van der Waals surface area contributed by atoms with E-state index < -0.39 is 5.97 Å². The zero-order valence-corrected chi connectivity index (χ0v) is 11.0.